The third-order valence-electron chi connectivity index (χ3n) is 5.16. The number of hydrogen-bond donors (Lipinski definition) is 1. The number of benzene rings is 2. The van der Waals surface area contributed by atoms with Gasteiger partial charge >= 0.3 is 0 Å². The van der Waals surface area contributed by atoms with Crippen molar-refractivity contribution in [2.75, 3.05) is 0 Å². The van der Waals surface area contributed by atoms with E-state index in [9.17, 15) is 4.79 Å². The molecule has 1 amide bonds. The Morgan fingerprint density at radius 2 is 1.67 bits per heavy atom. The first-order valence-electron chi connectivity index (χ1n) is 10.1. The summed E-state index contributed by atoms with van der Waals surface area (Å²) in [5.41, 5.74) is 10.7. The molecule has 0 aliphatic rings. The molecule has 2 aromatic carbocycles. The van der Waals surface area contributed by atoms with Gasteiger partial charge in [0.15, 0.2) is 0 Å². The van der Waals surface area contributed by atoms with Crippen LogP contribution >= 0.6 is 11.8 Å². The summed E-state index contributed by atoms with van der Waals surface area (Å²) >= 11 is 1.53. The number of thioether (sulfide) groups is 1. The molecule has 4 nitrogen and oxygen atoms in total. The lowest BCUT2D eigenvalue weighted by Gasteiger charge is -2.13. The summed E-state index contributed by atoms with van der Waals surface area (Å²) in [4.78, 5) is 13.5. The zero-order chi connectivity index (χ0) is 21.8. The zero-order valence-corrected chi connectivity index (χ0v) is 19.3. The van der Waals surface area contributed by atoms with E-state index in [1.54, 1.807) is 6.21 Å². The van der Waals surface area contributed by atoms with Gasteiger partial charge in [-0.25, -0.2) is 5.43 Å². The van der Waals surface area contributed by atoms with E-state index in [0.717, 1.165) is 21.8 Å². The molecule has 1 N–H and O–H groups in total. The van der Waals surface area contributed by atoms with Crippen molar-refractivity contribution in [1.82, 2.24) is 9.99 Å². The van der Waals surface area contributed by atoms with Crippen LogP contribution < -0.4 is 5.43 Å². The van der Waals surface area contributed by atoms with Gasteiger partial charge < -0.3 is 4.57 Å². The molecule has 3 aromatic rings. The van der Waals surface area contributed by atoms with Crippen molar-refractivity contribution in [3.8, 4) is 5.69 Å². The van der Waals surface area contributed by atoms with Gasteiger partial charge in [0.05, 0.1) is 11.5 Å². The van der Waals surface area contributed by atoms with Crippen LogP contribution in [0.5, 0.6) is 0 Å². The van der Waals surface area contributed by atoms with Gasteiger partial charge in [-0.1, -0.05) is 29.8 Å². The third kappa shape index (κ3) is 5.03. The Labute approximate surface area is 183 Å². The molecule has 0 unspecified atom stereocenters. The van der Waals surface area contributed by atoms with E-state index in [1.807, 2.05) is 19.1 Å². The number of hydrogen-bond acceptors (Lipinski definition) is 3. The van der Waals surface area contributed by atoms with Gasteiger partial charge in [0.25, 0.3) is 5.91 Å². The summed E-state index contributed by atoms with van der Waals surface area (Å²) in [5.74, 6) is -0.111. The fourth-order valence-electron chi connectivity index (χ4n) is 3.38. The Balaban J connectivity index is 1.70. The Kier molecular flexibility index (Phi) is 6.83. The predicted octanol–water partition coefficient (Wildman–Crippen LogP) is 5.65. The molecule has 0 aliphatic carbocycles. The van der Waals surface area contributed by atoms with Crippen molar-refractivity contribution < 1.29 is 4.79 Å². The Morgan fingerprint density at radius 3 is 2.37 bits per heavy atom. The molecule has 1 aromatic heterocycles. The van der Waals surface area contributed by atoms with E-state index in [1.165, 1.54) is 34.1 Å². The maximum atomic E-state index is 12.4. The number of carbonyl (C=O) groups excluding carboxylic acids is 1. The summed E-state index contributed by atoms with van der Waals surface area (Å²) in [5, 5.41) is 3.99. The van der Waals surface area contributed by atoms with E-state index >= 15 is 0 Å². The number of carbonyl (C=O) groups is 1. The van der Waals surface area contributed by atoms with Gasteiger partial charge in [-0.15, -0.1) is 11.8 Å². The molecule has 0 saturated carbocycles. The topological polar surface area (TPSA) is 46.4 Å². The van der Waals surface area contributed by atoms with Crippen LogP contribution in [0.2, 0.25) is 0 Å². The first-order valence-corrected chi connectivity index (χ1v) is 11.0. The molecular weight excluding hydrogens is 390 g/mol. The molecule has 1 heterocycles. The van der Waals surface area contributed by atoms with E-state index in [2.05, 4.69) is 86.1 Å². The lowest BCUT2D eigenvalue weighted by molar-refractivity contribution is -0.120. The Morgan fingerprint density at radius 1 is 1.00 bits per heavy atom. The second-order valence-corrected chi connectivity index (χ2v) is 9.17. The smallest absolute Gasteiger partial charge is 0.253 e. The monoisotopic (exact) mass is 419 g/mol. The van der Waals surface area contributed by atoms with Gasteiger partial charge in [0.2, 0.25) is 0 Å². The number of hydrazone groups is 1. The lowest BCUT2D eigenvalue weighted by atomic mass is 10.1. The SMILES string of the molecule is Cc1ccc(S[C@H](C)C(=O)N/N=C\c2cc(C)n(-c3cc(C)ccc3C)c2C)cc1. The minimum atomic E-state index is -0.229. The maximum absolute atomic E-state index is 12.4. The predicted molar refractivity (Wildman–Crippen MR) is 127 cm³/mol. The highest BCUT2D eigenvalue weighted by Gasteiger charge is 2.14. The summed E-state index contributed by atoms with van der Waals surface area (Å²) in [6.45, 7) is 12.3. The van der Waals surface area contributed by atoms with E-state index in [-0.39, 0.29) is 11.2 Å². The fourth-order valence-corrected chi connectivity index (χ4v) is 4.24. The number of nitrogens with one attached hydrogen (secondary N) is 1. The first-order chi connectivity index (χ1) is 14.3. The van der Waals surface area contributed by atoms with Crippen LogP contribution in [-0.2, 0) is 4.79 Å². The highest BCUT2D eigenvalue weighted by Crippen LogP contribution is 2.24. The van der Waals surface area contributed by atoms with E-state index in [0.29, 0.717) is 0 Å². The summed E-state index contributed by atoms with van der Waals surface area (Å²) in [6.07, 6.45) is 1.73. The van der Waals surface area contributed by atoms with Crippen LogP contribution in [0.3, 0.4) is 0 Å². The standard InChI is InChI=1S/C25H29N3OS/c1-16-8-11-23(12-9-16)30-21(6)25(29)27-26-15-22-14-19(4)28(20(22)5)24-13-17(2)7-10-18(24)3/h7-15,21H,1-6H3,(H,27,29)/b26-15-/t21-/m1/s1. The molecule has 0 spiro atoms. The molecule has 5 heteroatoms. The van der Waals surface area contributed by atoms with Crippen molar-refractivity contribution in [3.05, 3.63) is 82.2 Å². The van der Waals surface area contributed by atoms with Crippen LogP contribution in [0.1, 0.15) is 40.6 Å². The summed E-state index contributed by atoms with van der Waals surface area (Å²) in [7, 11) is 0. The minimum absolute atomic E-state index is 0.111. The second kappa shape index (κ2) is 9.35. The van der Waals surface area contributed by atoms with Crippen molar-refractivity contribution in [1.29, 1.82) is 0 Å². The van der Waals surface area contributed by atoms with Crippen molar-refractivity contribution in [2.45, 2.75) is 51.7 Å². The number of rotatable bonds is 6. The second-order valence-electron chi connectivity index (χ2n) is 7.76. The number of amides is 1. The molecule has 0 aliphatic heterocycles. The van der Waals surface area contributed by atoms with Crippen LogP contribution in [-0.4, -0.2) is 21.9 Å². The Bertz CT molecular complexity index is 1080. The van der Waals surface area contributed by atoms with E-state index in [4.69, 9.17) is 0 Å². The molecule has 0 saturated heterocycles. The molecular formula is C25H29N3OS. The molecule has 30 heavy (non-hydrogen) atoms. The van der Waals surface area contributed by atoms with Gasteiger partial charge in [0, 0.05) is 27.5 Å². The van der Waals surface area contributed by atoms with E-state index < -0.39 is 0 Å². The lowest BCUT2D eigenvalue weighted by Crippen LogP contribution is -2.26. The van der Waals surface area contributed by atoms with Crippen LogP contribution in [0, 0.1) is 34.6 Å². The summed E-state index contributed by atoms with van der Waals surface area (Å²) < 4.78 is 2.24. The first kappa shape index (κ1) is 21.9. The average molecular weight is 420 g/mol. The van der Waals surface area contributed by atoms with Crippen molar-refractivity contribution in [3.63, 3.8) is 0 Å². The maximum Gasteiger partial charge on any atom is 0.253 e. The number of aryl methyl sites for hydroxylation is 4. The molecule has 0 bridgehead atoms. The highest BCUT2D eigenvalue weighted by molar-refractivity contribution is 8.00. The van der Waals surface area contributed by atoms with Crippen molar-refractivity contribution in [2.24, 2.45) is 5.10 Å². The molecule has 3 rings (SSSR count). The summed E-state index contributed by atoms with van der Waals surface area (Å²) in [6, 6.07) is 16.7. The van der Waals surface area contributed by atoms with Gasteiger partial charge in [-0.3, -0.25) is 4.79 Å². The van der Waals surface area contributed by atoms with Gasteiger partial charge in [-0.2, -0.15) is 5.10 Å². The molecule has 0 radical (unpaired) electrons. The van der Waals surface area contributed by atoms with Crippen LogP contribution in [0.4, 0.5) is 0 Å². The highest BCUT2D eigenvalue weighted by atomic mass is 32.2. The zero-order valence-electron chi connectivity index (χ0n) is 18.5. The third-order valence-corrected chi connectivity index (χ3v) is 6.27. The fraction of sp³-hybridized carbons (Fsp3) is 0.280. The number of aromatic nitrogens is 1. The van der Waals surface area contributed by atoms with Crippen molar-refractivity contribution >= 4 is 23.9 Å². The van der Waals surface area contributed by atoms with Gasteiger partial charge in [0.1, 0.15) is 0 Å². The van der Waals surface area contributed by atoms with Gasteiger partial charge in [-0.05, 0) is 76.9 Å². The Hall–Kier alpha value is -2.79. The normalized spacial score (nSPS) is 12.3. The minimum Gasteiger partial charge on any atom is -0.318 e. The largest absolute Gasteiger partial charge is 0.318 e. The molecule has 156 valence electrons. The van der Waals surface area contributed by atoms with Crippen LogP contribution in [0.15, 0.2) is 58.5 Å². The van der Waals surface area contributed by atoms with Crippen LogP contribution in [0.25, 0.3) is 5.69 Å². The number of nitrogens with zero attached hydrogens (tertiary/aromatic N) is 2. The molecule has 1 atom stereocenters. The quantitative estimate of drug-likeness (QED) is 0.319. The average Bonchev–Trinajstić information content (AvgIpc) is 2.98. The molecule has 0 fully saturated rings.